The van der Waals surface area contributed by atoms with Gasteiger partial charge in [0.15, 0.2) is 6.30 Å². The largest absolute Gasteiger partial charge is 0.507 e. The van der Waals surface area contributed by atoms with Crippen LogP contribution in [-0.4, -0.2) is 20.8 Å². The molecule has 3 aromatic rings. The number of hydrogen-bond donors (Lipinski definition) is 2. The Balaban J connectivity index is 2.17. The summed E-state index contributed by atoms with van der Waals surface area (Å²) in [6, 6.07) is 10.6. The minimum atomic E-state index is -1.22. The highest BCUT2D eigenvalue weighted by Crippen LogP contribution is 2.35. The van der Waals surface area contributed by atoms with E-state index in [9.17, 15) is 9.50 Å². The van der Waals surface area contributed by atoms with Gasteiger partial charge in [0.25, 0.3) is 0 Å². The molecule has 2 aromatic heterocycles. The first-order valence-corrected chi connectivity index (χ1v) is 6.32. The van der Waals surface area contributed by atoms with Crippen molar-refractivity contribution in [1.82, 2.24) is 9.38 Å². The standard InChI is InChI=1S/C15H14FN3O/c1-10(16)17-11-5-4-6-13(20)15(11)12-9-19-8-3-2-7-14(19)18-12/h2-10,17,20H,1H3. The number of benzene rings is 1. The van der Waals surface area contributed by atoms with Crippen molar-refractivity contribution in [3.8, 4) is 17.0 Å². The Morgan fingerprint density at radius 2 is 2.10 bits per heavy atom. The highest BCUT2D eigenvalue weighted by Gasteiger charge is 2.14. The third-order valence-electron chi connectivity index (χ3n) is 3.02. The Morgan fingerprint density at radius 1 is 1.25 bits per heavy atom. The lowest BCUT2D eigenvalue weighted by molar-refractivity contribution is 0.402. The summed E-state index contributed by atoms with van der Waals surface area (Å²) in [4.78, 5) is 4.45. The predicted molar refractivity (Wildman–Crippen MR) is 76.5 cm³/mol. The number of imidazole rings is 1. The van der Waals surface area contributed by atoms with Crippen LogP contribution in [0.3, 0.4) is 0 Å². The Kier molecular flexibility index (Phi) is 3.02. The summed E-state index contributed by atoms with van der Waals surface area (Å²) in [6.45, 7) is 1.40. The second kappa shape index (κ2) is 4.85. The molecule has 1 aromatic carbocycles. The van der Waals surface area contributed by atoms with Crippen molar-refractivity contribution >= 4 is 11.3 Å². The molecule has 20 heavy (non-hydrogen) atoms. The van der Waals surface area contributed by atoms with Crippen LogP contribution in [0.2, 0.25) is 0 Å². The molecule has 0 amide bonds. The Morgan fingerprint density at radius 3 is 2.85 bits per heavy atom. The lowest BCUT2D eigenvalue weighted by Gasteiger charge is -2.12. The quantitative estimate of drug-likeness (QED) is 0.717. The normalized spacial score (nSPS) is 12.5. The summed E-state index contributed by atoms with van der Waals surface area (Å²) in [5.41, 5.74) is 2.38. The van der Waals surface area contributed by atoms with E-state index in [1.165, 1.54) is 6.92 Å². The van der Waals surface area contributed by atoms with Gasteiger partial charge in [-0.05, 0) is 31.2 Å². The van der Waals surface area contributed by atoms with Gasteiger partial charge in [0.05, 0.1) is 11.3 Å². The van der Waals surface area contributed by atoms with Crippen molar-refractivity contribution in [3.05, 3.63) is 48.8 Å². The molecular formula is C15H14FN3O. The van der Waals surface area contributed by atoms with E-state index in [4.69, 9.17) is 0 Å². The SMILES string of the molecule is CC(F)Nc1cccc(O)c1-c1cn2ccccc2n1. The third kappa shape index (κ3) is 2.18. The van der Waals surface area contributed by atoms with Gasteiger partial charge < -0.3 is 14.8 Å². The number of hydrogen-bond acceptors (Lipinski definition) is 3. The van der Waals surface area contributed by atoms with Crippen molar-refractivity contribution in [3.63, 3.8) is 0 Å². The lowest BCUT2D eigenvalue weighted by Crippen LogP contribution is -2.09. The number of aromatic nitrogens is 2. The smallest absolute Gasteiger partial charge is 0.167 e. The highest BCUT2D eigenvalue weighted by atomic mass is 19.1. The number of nitrogens with zero attached hydrogens (tertiary/aromatic N) is 2. The number of nitrogens with one attached hydrogen (secondary N) is 1. The minimum Gasteiger partial charge on any atom is -0.507 e. The maximum atomic E-state index is 13.2. The molecule has 0 aliphatic heterocycles. The molecule has 2 N–H and O–H groups in total. The summed E-state index contributed by atoms with van der Waals surface area (Å²) in [5, 5.41) is 12.8. The first-order valence-electron chi connectivity index (χ1n) is 6.32. The number of phenols is 1. The second-order valence-electron chi connectivity index (χ2n) is 4.55. The van der Waals surface area contributed by atoms with Crippen LogP contribution in [0.15, 0.2) is 48.8 Å². The first kappa shape index (κ1) is 12.5. The van der Waals surface area contributed by atoms with Crippen molar-refractivity contribution < 1.29 is 9.50 Å². The Hall–Kier alpha value is -2.56. The number of alkyl halides is 1. The monoisotopic (exact) mass is 271 g/mol. The zero-order valence-corrected chi connectivity index (χ0v) is 10.9. The van der Waals surface area contributed by atoms with Crippen molar-refractivity contribution in [2.75, 3.05) is 5.32 Å². The molecule has 0 saturated carbocycles. The van der Waals surface area contributed by atoms with Crippen LogP contribution < -0.4 is 5.32 Å². The van der Waals surface area contributed by atoms with Gasteiger partial charge in [-0.2, -0.15) is 0 Å². The predicted octanol–water partition coefficient (Wildman–Crippen LogP) is 3.43. The van der Waals surface area contributed by atoms with E-state index in [1.807, 2.05) is 28.8 Å². The fourth-order valence-corrected chi connectivity index (χ4v) is 2.20. The Labute approximate surface area is 115 Å². The van der Waals surface area contributed by atoms with Crippen LogP contribution in [-0.2, 0) is 0 Å². The fraction of sp³-hybridized carbons (Fsp3) is 0.133. The maximum Gasteiger partial charge on any atom is 0.167 e. The van der Waals surface area contributed by atoms with E-state index >= 15 is 0 Å². The van der Waals surface area contributed by atoms with Crippen LogP contribution in [0.1, 0.15) is 6.92 Å². The van der Waals surface area contributed by atoms with Crippen LogP contribution in [0.5, 0.6) is 5.75 Å². The topological polar surface area (TPSA) is 49.6 Å². The molecule has 0 aliphatic rings. The molecule has 0 fully saturated rings. The van der Waals surface area contributed by atoms with Crippen LogP contribution in [0.4, 0.5) is 10.1 Å². The first-order chi connectivity index (χ1) is 9.65. The molecule has 0 spiro atoms. The molecule has 4 nitrogen and oxygen atoms in total. The summed E-state index contributed by atoms with van der Waals surface area (Å²) in [5.74, 6) is 0.0686. The summed E-state index contributed by atoms with van der Waals surface area (Å²) < 4.78 is 15.1. The molecule has 1 atom stereocenters. The van der Waals surface area contributed by atoms with Gasteiger partial charge in [0, 0.05) is 18.1 Å². The van der Waals surface area contributed by atoms with Gasteiger partial charge in [0.2, 0.25) is 0 Å². The van der Waals surface area contributed by atoms with Crippen LogP contribution >= 0.6 is 0 Å². The molecule has 5 heteroatoms. The second-order valence-corrected chi connectivity index (χ2v) is 4.55. The molecular weight excluding hydrogens is 257 g/mol. The summed E-state index contributed by atoms with van der Waals surface area (Å²) in [6.07, 6.45) is 2.46. The van der Waals surface area contributed by atoms with Gasteiger partial charge in [-0.15, -0.1) is 0 Å². The number of phenolic OH excluding ortho intramolecular Hbond substituents is 1. The molecule has 0 aliphatic carbocycles. The fourth-order valence-electron chi connectivity index (χ4n) is 2.20. The summed E-state index contributed by atoms with van der Waals surface area (Å²) in [7, 11) is 0. The number of anilines is 1. The molecule has 0 radical (unpaired) electrons. The third-order valence-corrected chi connectivity index (χ3v) is 3.02. The van der Waals surface area contributed by atoms with Gasteiger partial charge in [-0.3, -0.25) is 0 Å². The van der Waals surface area contributed by atoms with Crippen LogP contribution in [0, 0.1) is 0 Å². The lowest BCUT2D eigenvalue weighted by atomic mass is 10.1. The van der Waals surface area contributed by atoms with Crippen molar-refractivity contribution in [1.29, 1.82) is 0 Å². The van der Waals surface area contributed by atoms with Gasteiger partial charge in [0.1, 0.15) is 11.4 Å². The van der Waals surface area contributed by atoms with E-state index in [-0.39, 0.29) is 5.75 Å². The van der Waals surface area contributed by atoms with Gasteiger partial charge in [-0.25, -0.2) is 9.37 Å². The summed E-state index contributed by atoms with van der Waals surface area (Å²) >= 11 is 0. The molecule has 0 saturated heterocycles. The Bertz CT molecular complexity index is 719. The van der Waals surface area contributed by atoms with Gasteiger partial charge in [-0.1, -0.05) is 12.1 Å². The number of aromatic hydroxyl groups is 1. The highest BCUT2D eigenvalue weighted by molar-refractivity contribution is 5.81. The van der Waals surface area contributed by atoms with E-state index in [0.717, 1.165) is 5.65 Å². The van der Waals surface area contributed by atoms with E-state index in [0.29, 0.717) is 16.9 Å². The van der Waals surface area contributed by atoms with Crippen molar-refractivity contribution in [2.45, 2.75) is 13.2 Å². The van der Waals surface area contributed by atoms with Gasteiger partial charge >= 0.3 is 0 Å². The zero-order chi connectivity index (χ0) is 14.1. The van der Waals surface area contributed by atoms with Crippen LogP contribution in [0.25, 0.3) is 16.9 Å². The number of halogens is 1. The molecule has 2 heterocycles. The zero-order valence-electron chi connectivity index (χ0n) is 10.9. The van der Waals surface area contributed by atoms with E-state index < -0.39 is 6.30 Å². The average molecular weight is 271 g/mol. The molecule has 102 valence electrons. The minimum absolute atomic E-state index is 0.0686. The van der Waals surface area contributed by atoms with E-state index in [2.05, 4.69) is 10.3 Å². The van der Waals surface area contributed by atoms with Crippen molar-refractivity contribution in [2.24, 2.45) is 0 Å². The average Bonchev–Trinajstić information content (AvgIpc) is 2.81. The molecule has 0 bridgehead atoms. The molecule has 1 unspecified atom stereocenters. The maximum absolute atomic E-state index is 13.2. The molecule has 3 rings (SSSR count). The number of fused-ring (bicyclic) bond motifs is 1. The number of pyridine rings is 1. The van der Waals surface area contributed by atoms with E-state index in [1.54, 1.807) is 24.4 Å². The number of rotatable bonds is 3.